The quantitative estimate of drug-likeness (QED) is 0.525. The average Bonchev–Trinajstić information content (AvgIpc) is 2.18. The second-order valence-corrected chi connectivity index (χ2v) is 3.47. The van der Waals surface area contributed by atoms with Gasteiger partial charge in [0.15, 0.2) is 0 Å². The van der Waals surface area contributed by atoms with E-state index in [4.69, 9.17) is 21.7 Å². The third kappa shape index (κ3) is 6.20. The van der Waals surface area contributed by atoms with Gasteiger partial charge in [0.2, 0.25) is 0 Å². The number of carboxylic acids is 1. The van der Waals surface area contributed by atoms with Crippen molar-refractivity contribution in [3.8, 4) is 0 Å². The van der Waals surface area contributed by atoms with Gasteiger partial charge in [-0.15, -0.1) is 0 Å². The molecule has 0 spiro atoms. The second-order valence-electron chi connectivity index (χ2n) is 3.47. The van der Waals surface area contributed by atoms with Gasteiger partial charge in [0, 0.05) is 13.1 Å². The summed E-state index contributed by atoms with van der Waals surface area (Å²) in [6, 6.07) is 0. The highest BCUT2D eigenvalue weighted by Crippen LogP contribution is 2.12. The fourth-order valence-electron chi connectivity index (χ4n) is 1.32. The van der Waals surface area contributed by atoms with E-state index >= 15 is 0 Å². The Morgan fingerprint density at radius 2 is 1.94 bits per heavy atom. The van der Waals surface area contributed by atoms with Crippen LogP contribution in [0.2, 0.25) is 0 Å². The fourth-order valence-corrected chi connectivity index (χ4v) is 1.32. The average molecular weight is 233 g/mol. The molecule has 0 aromatic heterocycles. The van der Waals surface area contributed by atoms with Crippen molar-refractivity contribution < 1.29 is 19.8 Å². The molecule has 0 radical (unpaired) electrons. The molecule has 16 heavy (non-hydrogen) atoms. The molecule has 0 aromatic rings. The standard InChI is InChI=1S/C6H12N2O2.C3H7NO2/c7-5-3-1-2-4-8(5)6(9)10;4-2-1-3(5)6/h5H,1-4,7H2,(H,9,10);1-2,4H2,(H,5,6). The van der Waals surface area contributed by atoms with E-state index in [2.05, 4.69) is 0 Å². The van der Waals surface area contributed by atoms with E-state index in [-0.39, 0.29) is 19.1 Å². The van der Waals surface area contributed by atoms with Gasteiger partial charge in [-0.25, -0.2) is 4.79 Å². The minimum Gasteiger partial charge on any atom is -0.481 e. The number of hydrogen-bond acceptors (Lipinski definition) is 4. The molecule has 0 aromatic carbocycles. The van der Waals surface area contributed by atoms with Crippen LogP contribution in [0.4, 0.5) is 4.79 Å². The van der Waals surface area contributed by atoms with E-state index in [1.807, 2.05) is 0 Å². The predicted molar refractivity (Wildman–Crippen MR) is 57.9 cm³/mol. The summed E-state index contributed by atoms with van der Waals surface area (Å²) >= 11 is 0. The van der Waals surface area contributed by atoms with E-state index in [0.717, 1.165) is 19.3 Å². The fraction of sp³-hybridized carbons (Fsp3) is 0.778. The molecule has 0 saturated carbocycles. The molecule has 0 aliphatic carbocycles. The lowest BCUT2D eigenvalue weighted by Crippen LogP contribution is -2.48. The number of hydrogen-bond donors (Lipinski definition) is 4. The molecule has 1 heterocycles. The van der Waals surface area contributed by atoms with Gasteiger partial charge in [0.25, 0.3) is 0 Å². The van der Waals surface area contributed by atoms with Crippen molar-refractivity contribution in [3.05, 3.63) is 0 Å². The molecule has 1 aliphatic heterocycles. The summed E-state index contributed by atoms with van der Waals surface area (Å²) in [5.74, 6) is -0.836. The zero-order chi connectivity index (χ0) is 12.6. The van der Waals surface area contributed by atoms with E-state index < -0.39 is 12.1 Å². The topological polar surface area (TPSA) is 130 Å². The highest BCUT2D eigenvalue weighted by molar-refractivity contribution is 5.66. The maximum Gasteiger partial charge on any atom is 0.408 e. The van der Waals surface area contributed by atoms with Crippen LogP contribution in [0, 0.1) is 0 Å². The van der Waals surface area contributed by atoms with Gasteiger partial charge in [-0.05, 0) is 19.3 Å². The van der Waals surface area contributed by atoms with Gasteiger partial charge in [-0.2, -0.15) is 0 Å². The molecule has 1 atom stereocenters. The number of piperidine rings is 1. The summed E-state index contributed by atoms with van der Waals surface area (Å²) in [7, 11) is 0. The zero-order valence-corrected chi connectivity index (χ0v) is 9.13. The van der Waals surface area contributed by atoms with Crippen molar-refractivity contribution in [2.24, 2.45) is 11.5 Å². The molecule has 1 rings (SSSR count). The smallest absolute Gasteiger partial charge is 0.408 e. The molecular formula is C9H19N3O4. The molecule has 7 nitrogen and oxygen atoms in total. The van der Waals surface area contributed by atoms with Crippen LogP contribution >= 0.6 is 0 Å². The summed E-state index contributed by atoms with van der Waals surface area (Å²) < 4.78 is 0. The molecule has 94 valence electrons. The molecule has 6 N–H and O–H groups in total. The maximum absolute atomic E-state index is 10.4. The maximum atomic E-state index is 10.4. The largest absolute Gasteiger partial charge is 0.481 e. The van der Waals surface area contributed by atoms with Crippen molar-refractivity contribution >= 4 is 12.1 Å². The Labute approximate surface area is 94.0 Å². The van der Waals surface area contributed by atoms with Gasteiger partial charge < -0.3 is 21.7 Å². The van der Waals surface area contributed by atoms with Crippen LogP contribution in [0.25, 0.3) is 0 Å². The lowest BCUT2D eigenvalue weighted by atomic mass is 10.1. The van der Waals surface area contributed by atoms with Crippen molar-refractivity contribution in [2.75, 3.05) is 13.1 Å². The molecule has 1 aliphatic rings. The number of nitrogens with zero attached hydrogens (tertiary/aromatic N) is 1. The Morgan fingerprint density at radius 3 is 2.19 bits per heavy atom. The number of carboxylic acid groups (broad SMARTS) is 2. The summed E-state index contributed by atoms with van der Waals surface area (Å²) in [4.78, 5) is 21.2. The summed E-state index contributed by atoms with van der Waals surface area (Å²) in [5.41, 5.74) is 10.4. The van der Waals surface area contributed by atoms with Crippen LogP contribution in [0.15, 0.2) is 0 Å². The lowest BCUT2D eigenvalue weighted by molar-refractivity contribution is -0.136. The molecule has 1 unspecified atom stereocenters. The Balaban J connectivity index is 0.000000325. The first-order valence-electron chi connectivity index (χ1n) is 5.16. The summed E-state index contributed by atoms with van der Waals surface area (Å²) in [6.07, 6.45) is 1.69. The SMILES string of the molecule is NC1CCCCN1C(=O)O.NCCC(=O)O. The number of aliphatic carboxylic acids is 1. The Morgan fingerprint density at radius 1 is 1.31 bits per heavy atom. The first-order valence-corrected chi connectivity index (χ1v) is 5.16. The van der Waals surface area contributed by atoms with E-state index in [0.29, 0.717) is 6.54 Å². The van der Waals surface area contributed by atoms with E-state index in [9.17, 15) is 9.59 Å². The van der Waals surface area contributed by atoms with E-state index in [1.165, 1.54) is 4.90 Å². The van der Waals surface area contributed by atoms with Gasteiger partial charge in [-0.3, -0.25) is 9.69 Å². The zero-order valence-electron chi connectivity index (χ0n) is 9.13. The highest BCUT2D eigenvalue weighted by atomic mass is 16.4. The number of likely N-dealkylation sites (tertiary alicyclic amines) is 1. The van der Waals surface area contributed by atoms with Crippen LogP contribution in [-0.4, -0.2) is 46.4 Å². The van der Waals surface area contributed by atoms with Crippen LogP contribution in [-0.2, 0) is 4.79 Å². The summed E-state index contributed by atoms with van der Waals surface area (Å²) in [5, 5.41) is 16.4. The molecule has 1 amide bonds. The molecular weight excluding hydrogens is 214 g/mol. The van der Waals surface area contributed by atoms with Gasteiger partial charge in [-0.1, -0.05) is 0 Å². The third-order valence-corrected chi connectivity index (χ3v) is 2.15. The Kier molecular flexibility index (Phi) is 7.23. The number of nitrogens with two attached hydrogens (primary N) is 2. The van der Waals surface area contributed by atoms with Gasteiger partial charge >= 0.3 is 12.1 Å². The Bertz CT molecular complexity index is 235. The molecule has 7 heteroatoms. The van der Waals surface area contributed by atoms with Crippen molar-refractivity contribution in [1.82, 2.24) is 4.90 Å². The van der Waals surface area contributed by atoms with Gasteiger partial charge in [0.1, 0.15) is 0 Å². The molecule has 1 saturated heterocycles. The molecule has 1 fully saturated rings. The predicted octanol–water partition coefficient (Wildman–Crippen LogP) is -0.145. The monoisotopic (exact) mass is 233 g/mol. The van der Waals surface area contributed by atoms with Crippen LogP contribution < -0.4 is 11.5 Å². The van der Waals surface area contributed by atoms with Crippen LogP contribution in [0.3, 0.4) is 0 Å². The normalized spacial score (nSPS) is 19.6. The van der Waals surface area contributed by atoms with Crippen molar-refractivity contribution in [1.29, 1.82) is 0 Å². The second kappa shape index (κ2) is 7.89. The minimum atomic E-state index is -0.896. The molecule has 0 bridgehead atoms. The highest BCUT2D eigenvalue weighted by Gasteiger charge is 2.22. The minimum absolute atomic E-state index is 0.0694. The number of amides is 1. The van der Waals surface area contributed by atoms with Crippen molar-refractivity contribution in [2.45, 2.75) is 31.8 Å². The van der Waals surface area contributed by atoms with E-state index in [1.54, 1.807) is 0 Å². The third-order valence-electron chi connectivity index (χ3n) is 2.15. The van der Waals surface area contributed by atoms with Crippen molar-refractivity contribution in [3.63, 3.8) is 0 Å². The first-order chi connectivity index (χ1) is 7.49. The van der Waals surface area contributed by atoms with Crippen LogP contribution in [0.1, 0.15) is 25.7 Å². The van der Waals surface area contributed by atoms with Crippen LogP contribution in [0.5, 0.6) is 0 Å². The number of rotatable bonds is 2. The first kappa shape index (κ1) is 14.7. The summed E-state index contributed by atoms with van der Waals surface area (Å²) in [6.45, 7) is 0.825. The van der Waals surface area contributed by atoms with Gasteiger partial charge in [0.05, 0.1) is 12.6 Å². The lowest BCUT2D eigenvalue weighted by Gasteiger charge is -2.30. The number of carbonyl (C=O) groups is 2. The Hall–Kier alpha value is -1.34.